The van der Waals surface area contributed by atoms with Crippen molar-refractivity contribution in [3.05, 3.63) is 32.6 Å². The molecule has 0 aliphatic carbocycles. The fourth-order valence-corrected chi connectivity index (χ4v) is 2.29. The number of rotatable bonds is 1. The van der Waals surface area contributed by atoms with E-state index in [0.29, 0.717) is 5.15 Å². The molecule has 2 aromatic rings. The van der Waals surface area contributed by atoms with Crippen molar-refractivity contribution in [3.63, 3.8) is 0 Å². The van der Waals surface area contributed by atoms with E-state index in [4.69, 9.17) is 11.6 Å². The molecule has 2 rings (SSSR count). The SMILES string of the molecule is Cc1cc(-c2nnc(Cl)c(C)c2C)cs1. The van der Waals surface area contributed by atoms with Gasteiger partial charge in [-0.05, 0) is 38.0 Å². The number of thiophene rings is 1. The summed E-state index contributed by atoms with van der Waals surface area (Å²) in [6.45, 7) is 6.08. The van der Waals surface area contributed by atoms with Crippen LogP contribution in [0.5, 0.6) is 0 Å². The van der Waals surface area contributed by atoms with E-state index in [-0.39, 0.29) is 0 Å². The molecule has 0 amide bonds. The van der Waals surface area contributed by atoms with Crippen molar-refractivity contribution in [2.45, 2.75) is 20.8 Å². The summed E-state index contributed by atoms with van der Waals surface area (Å²) in [5.74, 6) is 0. The fraction of sp³-hybridized carbons (Fsp3) is 0.273. The summed E-state index contributed by atoms with van der Waals surface area (Å²) < 4.78 is 0. The Morgan fingerprint density at radius 2 is 1.87 bits per heavy atom. The standard InChI is InChI=1S/C11H11ClN2S/c1-6-4-9(5-15-6)10-7(2)8(3)11(12)14-13-10/h4-5H,1-3H3. The maximum Gasteiger partial charge on any atom is 0.154 e. The quantitative estimate of drug-likeness (QED) is 0.756. The minimum Gasteiger partial charge on any atom is -0.149 e. The molecule has 0 fully saturated rings. The first-order chi connectivity index (χ1) is 7.09. The van der Waals surface area contributed by atoms with Gasteiger partial charge < -0.3 is 0 Å². The summed E-state index contributed by atoms with van der Waals surface area (Å²) in [6, 6.07) is 2.12. The van der Waals surface area contributed by atoms with Crippen LogP contribution in [0.15, 0.2) is 11.4 Å². The number of hydrogen-bond donors (Lipinski definition) is 0. The highest BCUT2D eigenvalue weighted by molar-refractivity contribution is 7.10. The molecule has 15 heavy (non-hydrogen) atoms. The number of hydrogen-bond acceptors (Lipinski definition) is 3. The van der Waals surface area contributed by atoms with Gasteiger partial charge in [-0.15, -0.1) is 21.5 Å². The van der Waals surface area contributed by atoms with Crippen molar-refractivity contribution in [1.82, 2.24) is 10.2 Å². The third-order valence-corrected chi connectivity index (χ3v) is 3.69. The Morgan fingerprint density at radius 1 is 1.13 bits per heavy atom. The van der Waals surface area contributed by atoms with Crippen LogP contribution in [-0.2, 0) is 0 Å². The normalized spacial score (nSPS) is 10.7. The van der Waals surface area contributed by atoms with Crippen LogP contribution in [0.1, 0.15) is 16.0 Å². The van der Waals surface area contributed by atoms with E-state index in [9.17, 15) is 0 Å². The van der Waals surface area contributed by atoms with Gasteiger partial charge in [-0.2, -0.15) is 0 Å². The predicted molar refractivity (Wildman–Crippen MR) is 64.6 cm³/mol. The molecular weight excluding hydrogens is 228 g/mol. The van der Waals surface area contributed by atoms with Gasteiger partial charge in [0.2, 0.25) is 0 Å². The van der Waals surface area contributed by atoms with Gasteiger partial charge in [0.25, 0.3) is 0 Å². The van der Waals surface area contributed by atoms with Crippen molar-refractivity contribution in [1.29, 1.82) is 0 Å². The van der Waals surface area contributed by atoms with Crippen molar-refractivity contribution in [2.24, 2.45) is 0 Å². The third kappa shape index (κ3) is 1.90. The van der Waals surface area contributed by atoms with E-state index in [0.717, 1.165) is 22.4 Å². The Labute approximate surface area is 97.9 Å². The van der Waals surface area contributed by atoms with Crippen LogP contribution in [0.3, 0.4) is 0 Å². The molecule has 0 saturated carbocycles. The van der Waals surface area contributed by atoms with Crippen molar-refractivity contribution in [2.75, 3.05) is 0 Å². The molecule has 0 aliphatic rings. The summed E-state index contributed by atoms with van der Waals surface area (Å²) in [6.07, 6.45) is 0. The summed E-state index contributed by atoms with van der Waals surface area (Å²) >= 11 is 7.62. The number of aryl methyl sites for hydroxylation is 1. The lowest BCUT2D eigenvalue weighted by Gasteiger charge is -2.05. The minimum absolute atomic E-state index is 0.489. The predicted octanol–water partition coefficient (Wildman–Crippen LogP) is 3.78. The van der Waals surface area contributed by atoms with Crippen LogP contribution in [0.4, 0.5) is 0 Å². The molecule has 2 aromatic heterocycles. The van der Waals surface area contributed by atoms with E-state index >= 15 is 0 Å². The Kier molecular flexibility index (Phi) is 2.76. The first-order valence-electron chi connectivity index (χ1n) is 4.64. The minimum atomic E-state index is 0.489. The molecule has 0 aliphatic heterocycles. The second-order valence-corrected chi connectivity index (χ2v) is 5.01. The van der Waals surface area contributed by atoms with E-state index in [1.807, 2.05) is 13.8 Å². The van der Waals surface area contributed by atoms with E-state index in [2.05, 4.69) is 28.6 Å². The van der Waals surface area contributed by atoms with Gasteiger partial charge >= 0.3 is 0 Å². The summed E-state index contributed by atoms with van der Waals surface area (Å²) in [5, 5.41) is 10.7. The van der Waals surface area contributed by atoms with Crippen molar-refractivity contribution < 1.29 is 0 Å². The largest absolute Gasteiger partial charge is 0.154 e. The van der Waals surface area contributed by atoms with Crippen LogP contribution in [0.2, 0.25) is 5.15 Å². The molecule has 0 saturated heterocycles. The molecule has 0 aromatic carbocycles. The highest BCUT2D eigenvalue weighted by atomic mass is 35.5. The van der Waals surface area contributed by atoms with E-state index in [1.165, 1.54) is 4.88 Å². The molecule has 0 radical (unpaired) electrons. The van der Waals surface area contributed by atoms with Crippen LogP contribution >= 0.6 is 22.9 Å². The maximum absolute atomic E-state index is 5.91. The smallest absolute Gasteiger partial charge is 0.149 e. The number of halogens is 1. The summed E-state index contributed by atoms with van der Waals surface area (Å²) in [5.41, 5.74) is 4.17. The summed E-state index contributed by atoms with van der Waals surface area (Å²) in [7, 11) is 0. The van der Waals surface area contributed by atoms with Gasteiger partial charge in [0.1, 0.15) is 0 Å². The molecular formula is C11H11ClN2S. The van der Waals surface area contributed by atoms with Crippen LogP contribution in [-0.4, -0.2) is 10.2 Å². The molecule has 0 unspecified atom stereocenters. The Hall–Kier alpha value is -0.930. The van der Waals surface area contributed by atoms with Crippen molar-refractivity contribution >= 4 is 22.9 Å². The summed E-state index contributed by atoms with van der Waals surface area (Å²) in [4.78, 5) is 1.28. The van der Waals surface area contributed by atoms with Gasteiger partial charge in [-0.25, -0.2) is 0 Å². The zero-order valence-electron chi connectivity index (χ0n) is 8.84. The molecule has 78 valence electrons. The molecule has 2 heterocycles. The topological polar surface area (TPSA) is 25.8 Å². The van der Waals surface area contributed by atoms with Gasteiger partial charge in [0, 0.05) is 15.8 Å². The fourth-order valence-electron chi connectivity index (χ4n) is 1.42. The molecule has 0 atom stereocenters. The first-order valence-corrected chi connectivity index (χ1v) is 5.90. The highest BCUT2D eigenvalue weighted by Crippen LogP contribution is 2.28. The molecule has 0 N–H and O–H groups in total. The molecule has 2 nitrogen and oxygen atoms in total. The zero-order chi connectivity index (χ0) is 11.0. The van der Waals surface area contributed by atoms with Gasteiger partial charge in [0.15, 0.2) is 5.15 Å². The monoisotopic (exact) mass is 238 g/mol. The first kappa shape index (κ1) is 10.6. The van der Waals surface area contributed by atoms with Gasteiger partial charge in [-0.1, -0.05) is 11.6 Å². The second-order valence-electron chi connectivity index (χ2n) is 3.54. The van der Waals surface area contributed by atoms with Gasteiger partial charge in [-0.3, -0.25) is 0 Å². The van der Waals surface area contributed by atoms with Crippen molar-refractivity contribution in [3.8, 4) is 11.3 Å². The lowest BCUT2D eigenvalue weighted by Crippen LogP contribution is -1.95. The average molecular weight is 239 g/mol. The lowest BCUT2D eigenvalue weighted by molar-refractivity contribution is 1.00. The average Bonchev–Trinajstić information content (AvgIpc) is 2.61. The van der Waals surface area contributed by atoms with Crippen LogP contribution in [0, 0.1) is 20.8 Å². The van der Waals surface area contributed by atoms with Gasteiger partial charge in [0.05, 0.1) is 5.69 Å². The Balaban J connectivity index is 2.59. The lowest BCUT2D eigenvalue weighted by atomic mass is 10.1. The molecule has 0 spiro atoms. The number of aromatic nitrogens is 2. The maximum atomic E-state index is 5.91. The highest BCUT2D eigenvalue weighted by Gasteiger charge is 2.10. The van der Waals surface area contributed by atoms with E-state index < -0.39 is 0 Å². The molecule has 4 heteroatoms. The van der Waals surface area contributed by atoms with Crippen LogP contribution < -0.4 is 0 Å². The Morgan fingerprint density at radius 3 is 2.47 bits per heavy atom. The molecule has 0 bridgehead atoms. The third-order valence-electron chi connectivity index (χ3n) is 2.47. The van der Waals surface area contributed by atoms with Crippen LogP contribution in [0.25, 0.3) is 11.3 Å². The second kappa shape index (κ2) is 3.91. The Bertz CT molecular complexity index is 505. The zero-order valence-corrected chi connectivity index (χ0v) is 10.4. The number of nitrogens with zero attached hydrogens (tertiary/aromatic N) is 2. The van der Waals surface area contributed by atoms with E-state index in [1.54, 1.807) is 11.3 Å².